The number of ether oxygens (including phenoxy) is 1. The predicted octanol–water partition coefficient (Wildman–Crippen LogP) is 4.46. The fourth-order valence-electron chi connectivity index (χ4n) is 2.09. The highest BCUT2D eigenvalue weighted by atomic mass is 35.5. The monoisotopic (exact) mass is 329 g/mol. The maximum Gasteiger partial charge on any atom is 0.157 e. The smallest absolute Gasteiger partial charge is 0.157 e. The SMILES string of the molecule is COc1ccc(N(C)CCC(=O)/C=C/c2ccc(Cl)cc2)cc1. The van der Waals surface area contributed by atoms with E-state index in [-0.39, 0.29) is 5.78 Å². The molecule has 0 spiro atoms. The zero-order valence-electron chi connectivity index (χ0n) is 13.3. The second-order valence-electron chi connectivity index (χ2n) is 5.22. The van der Waals surface area contributed by atoms with Gasteiger partial charge in [-0.25, -0.2) is 0 Å². The molecule has 120 valence electrons. The highest BCUT2D eigenvalue weighted by Crippen LogP contribution is 2.18. The molecule has 0 amide bonds. The molecule has 0 aliphatic heterocycles. The maximum absolute atomic E-state index is 12.0. The summed E-state index contributed by atoms with van der Waals surface area (Å²) in [4.78, 5) is 14.0. The highest BCUT2D eigenvalue weighted by molar-refractivity contribution is 6.30. The molecule has 4 heteroatoms. The molecular weight excluding hydrogens is 310 g/mol. The maximum atomic E-state index is 12.0. The Labute approximate surface area is 142 Å². The molecule has 0 aliphatic rings. The van der Waals surface area contributed by atoms with E-state index in [1.165, 1.54) is 0 Å². The van der Waals surface area contributed by atoms with E-state index in [1.807, 2.05) is 66.6 Å². The number of hydrogen-bond acceptors (Lipinski definition) is 3. The van der Waals surface area contributed by atoms with Crippen LogP contribution in [0.3, 0.4) is 0 Å². The van der Waals surface area contributed by atoms with Gasteiger partial charge in [0, 0.05) is 30.7 Å². The summed E-state index contributed by atoms with van der Waals surface area (Å²) in [5.41, 5.74) is 2.02. The van der Waals surface area contributed by atoms with E-state index < -0.39 is 0 Å². The largest absolute Gasteiger partial charge is 0.497 e. The van der Waals surface area contributed by atoms with Crippen molar-refractivity contribution in [1.82, 2.24) is 0 Å². The molecule has 2 rings (SSSR count). The third-order valence-corrected chi connectivity index (χ3v) is 3.79. The fraction of sp³-hybridized carbons (Fsp3) is 0.211. The van der Waals surface area contributed by atoms with Gasteiger partial charge in [0.25, 0.3) is 0 Å². The number of carbonyl (C=O) groups excluding carboxylic acids is 1. The topological polar surface area (TPSA) is 29.5 Å². The molecule has 2 aromatic carbocycles. The molecule has 0 bridgehead atoms. The van der Waals surface area contributed by atoms with Gasteiger partial charge in [-0.1, -0.05) is 29.8 Å². The summed E-state index contributed by atoms with van der Waals surface area (Å²) in [6.45, 7) is 0.663. The van der Waals surface area contributed by atoms with Gasteiger partial charge in [0.15, 0.2) is 5.78 Å². The molecule has 0 radical (unpaired) electrons. The van der Waals surface area contributed by atoms with Gasteiger partial charge in [-0.3, -0.25) is 4.79 Å². The van der Waals surface area contributed by atoms with Crippen LogP contribution in [-0.2, 0) is 4.79 Å². The van der Waals surface area contributed by atoms with Gasteiger partial charge in [0.2, 0.25) is 0 Å². The molecule has 0 unspecified atom stereocenters. The standard InChI is InChI=1S/C19H20ClNO2/c1-21(17-8-11-19(23-2)12-9-17)14-13-18(22)10-5-15-3-6-16(20)7-4-15/h3-12H,13-14H2,1-2H3/b10-5+. The molecular formula is C19H20ClNO2. The van der Waals surface area contributed by atoms with E-state index in [2.05, 4.69) is 0 Å². The van der Waals surface area contributed by atoms with E-state index in [1.54, 1.807) is 13.2 Å². The zero-order valence-corrected chi connectivity index (χ0v) is 14.1. The van der Waals surface area contributed by atoms with Crippen LogP contribution in [0.15, 0.2) is 54.6 Å². The average molecular weight is 330 g/mol. The highest BCUT2D eigenvalue weighted by Gasteiger charge is 2.04. The van der Waals surface area contributed by atoms with Crippen molar-refractivity contribution in [1.29, 1.82) is 0 Å². The molecule has 0 aromatic heterocycles. The average Bonchev–Trinajstić information content (AvgIpc) is 2.59. The van der Waals surface area contributed by atoms with Crippen LogP contribution in [0.1, 0.15) is 12.0 Å². The number of halogens is 1. The number of methoxy groups -OCH3 is 1. The van der Waals surface area contributed by atoms with Crippen molar-refractivity contribution in [2.24, 2.45) is 0 Å². The first kappa shape index (κ1) is 17.1. The summed E-state index contributed by atoms with van der Waals surface area (Å²) < 4.78 is 5.14. The minimum atomic E-state index is 0.0975. The Morgan fingerprint density at radius 3 is 2.39 bits per heavy atom. The van der Waals surface area contributed by atoms with Crippen molar-refractivity contribution in [2.75, 3.05) is 25.6 Å². The lowest BCUT2D eigenvalue weighted by Gasteiger charge is -2.18. The Morgan fingerprint density at radius 1 is 1.13 bits per heavy atom. The van der Waals surface area contributed by atoms with Gasteiger partial charge in [-0.05, 0) is 48.0 Å². The molecule has 0 saturated carbocycles. The summed E-state index contributed by atoms with van der Waals surface area (Å²) in [5, 5.41) is 0.689. The molecule has 0 atom stereocenters. The minimum Gasteiger partial charge on any atom is -0.497 e. The fourth-order valence-corrected chi connectivity index (χ4v) is 2.22. The van der Waals surface area contributed by atoms with Crippen molar-refractivity contribution in [3.63, 3.8) is 0 Å². The number of anilines is 1. The molecule has 2 aromatic rings. The van der Waals surface area contributed by atoms with Gasteiger partial charge in [-0.15, -0.1) is 0 Å². The van der Waals surface area contributed by atoms with E-state index in [0.29, 0.717) is 18.0 Å². The van der Waals surface area contributed by atoms with Crippen LogP contribution >= 0.6 is 11.6 Å². The van der Waals surface area contributed by atoms with Crippen molar-refractivity contribution in [2.45, 2.75) is 6.42 Å². The Morgan fingerprint density at radius 2 is 1.78 bits per heavy atom. The molecule has 3 nitrogen and oxygen atoms in total. The Hall–Kier alpha value is -2.26. The number of nitrogens with zero attached hydrogens (tertiary/aromatic N) is 1. The summed E-state index contributed by atoms with van der Waals surface area (Å²) in [6.07, 6.45) is 3.89. The lowest BCUT2D eigenvalue weighted by molar-refractivity contribution is -0.114. The van der Waals surface area contributed by atoms with Gasteiger partial charge >= 0.3 is 0 Å². The van der Waals surface area contributed by atoms with Crippen LogP contribution < -0.4 is 9.64 Å². The minimum absolute atomic E-state index is 0.0975. The number of carbonyl (C=O) groups is 1. The second kappa shape index (κ2) is 8.39. The number of allylic oxidation sites excluding steroid dienone is 1. The van der Waals surface area contributed by atoms with Crippen molar-refractivity contribution >= 4 is 29.1 Å². The van der Waals surface area contributed by atoms with E-state index >= 15 is 0 Å². The lowest BCUT2D eigenvalue weighted by Crippen LogP contribution is -2.20. The molecule has 0 fully saturated rings. The van der Waals surface area contributed by atoms with Crippen molar-refractivity contribution < 1.29 is 9.53 Å². The number of ketones is 1. The number of hydrogen-bond donors (Lipinski definition) is 0. The van der Waals surface area contributed by atoms with Crippen molar-refractivity contribution in [3.8, 4) is 5.75 Å². The van der Waals surface area contributed by atoms with Crippen LogP contribution in [0.25, 0.3) is 6.08 Å². The van der Waals surface area contributed by atoms with Crippen LogP contribution in [0, 0.1) is 0 Å². The van der Waals surface area contributed by atoms with Gasteiger partial charge in [0.1, 0.15) is 5.75 Å². The summed E-state index contributed by atoms with van der Waals surface area (Å²) in [6, 6.07) is 15.2. The quantitative estimate of drug-likeness (QED) is 0.702. The van der Waals surface area contributed by atoms with Crippen LogP contribution in [0.4, 0.5) is 5.69 Å². The van der Waals surface area contributed by atoms with Gasteiger partial charge in [-0.2, -0.15) is 0 Å². The Balaban J connectivity index is 1.84. The predicted molar refractivity (Wildman–Crippen MR) is 96.4 cm³/mol. The molecule has 23 heavy (non-hydrogen) atoms. The normalized spacial score (nSPS) is 10.7. The third-order valence-electron chi connectivity index (χ3n) is 3.54. The molecule has 0 saturated heterocycles. The van der Waals surface area contributed by atoms with E-state index in [4.69, 9.17) is 16.3 Å². The summed E-state index contributed by atoms with van der Waals surface area (Å²) in [7, 11) is 3.61. The Bertz CT molecular complexity index is 663. The van der Waals surface area contributed by atoms with Crippen molar-refractivity contribution in [3.05, 3.63) is 65.2 Å². The first-order valence-corrected chi connectivity index (χ1v) is 7.78. The Kier molecular flexibility index (Phi) is 6.24. The second-order valence-corrected chi connectivity index (χ2v) is 5.66. The summed E-state index contributed by atoms with van der Waals surface area (Å²) >= 11 is 5.83. The van der Waals surface area contributed by atoms with E-state index in [9.17, 15) is 4.79 Å². The number of rotatable bonds is 7. The summed E-state index contributed by atoms with van der Waals surface area (Å²) in [5.74, 6) is 0.921. The molecule has 0 aliphatic carbocycles. The molecule has 0 N–H and O–H groups in total. The molecule has 0 heterocycles. The van der Waals surface area contributed by atoms with Crippen LogP contribution in [-0.4, -0.2) is 26.5 Å². The third kappa shape index (κ3) is 5.46. The first-order valence-electron chi connectivity index (χ1n) is 7.40. The van der Waals surface area contributed by atoms with Crippen LogP contribution in [0.5, 0.6) is 5.75 Å². The van der Waals surface area contributed by atoms with Gasteiger partial charge in [0.05, 0.1) is 7.11 Å². The van der Waals surface area contributed by atoms with Crippen LogP contribution in [0.2, 0.25) is 5.02 Å². The van der Waals surface area contributed by atoms with Gasteiger partial charge < -0.3 is 9.64 Å². The lowest BCUT2D eigenvalue weighted by atomic mass is 10.1. The number of benzene rings is 2. The first-order chi connectivity index (χ1) is 11.1. The van der Waals surface area contributed by atoms with E-state index in [0.717, 1.165) is 17.0 Å². The zero-order chi connectivity index (χ0) is 16.7.